The molecule has 0 radical (unpaired) electrons. The summed E-state index contributed by atoms with van der Waals surface area (Å²) in [6, 6.07) is 0. The van der Waals surface area contributed by atoms with Crippen LogP contribution in [0.3, 0.4) is 0 Å². The van der Waals surface area contributed by atoms with Crippen molar-refractivity contribution in [3.8, 4) is 0 Å². The summed E-state index contributed by atoms with van der Waals surface area (Å²) < 4.78 is 0. The van der Waals surface area contributed by atoms with Gasteiger partial charge in [-0.1, -0.05) is 5.57 Å². The molecule has 0 bridgehead atoms. The molecule has 0 aliphatic carbocycles. The molecular formula is C6H10O2S. The van der Waals surface area contributed by atoms with Crippen molar-refractivity contribution in [1.29, 1.82) is 0 Å². The second-order valence-electron chi connectivity index (χ2n) is 1.76. The predicted molar refractivity (Wildman–Crippen MR) is 39.8 cm³/mol. The first-order valence-corrected chi connectivity index (χ1v) is 3.95. The minimum Gasteiger partial charge on any atom is -0.478 e. The fourth-order valence-corrected chi connectivity index (χ4v) is 1.02. The van der Waals surface area contributed by atoms with Gasteiger partial charge >= 0.3 is 5.97 Å². The first kappa shape index (κ1) is 8.56. The van der Waals surface area contributed by atoms with Crippen molar-refractivity contribution in [3.05, 3.63) is 11.6 Å². The quantitative estimate of drug-likeness (QED) is 0.611. The lowest BCUT2D eigenvalue weighted by Gasteiger charge is -1.92. The maximum Gasteiger partial charge on any atom is 0.328 e. The molecule has 0 unspecified atom stereocenters. The number of aliphatic carboxylic acids is 1. The molecule has 2 nitrogen and oxygen atoms in total. The highest BCUT2D eigenvalue weighted by Crippen LogP contribution is 2.01. The monoisotopic (exact) mass is 146 g/mol. The van der Waals surface area contributed by atoms with E-state index in [1.807, 2.05) is 13.2 Å². The molecule has 0 spiro atoms. The first-order chi connectivity index (χ1) is 4.16. The Balaban J connectivity index is 3.69. The third kappa shape index (κ3) is 5.43. The zero-order valence-electron chi connectivity index (χ0n) is 5.55. The van der Waals surface area contributed by atoms with E-state index in [1.54, 1.807) is 11.8 Å². The van der Waals surface area contributed by atoms with Crippen molar-refractivity contribution in [2.24, 2.45) is 0 Å². The van der Waals surface area contributed by atoms with Crippen molar-refractivity contribution < 1.29 is 9.90 Å². The van der Waals surface area contributed by atoms with Gasteiger partial charge in [0.1, 0.15) is 0 Å². The largest absolute Gasteiger partial charge is 0.478 e. The lowest BCUT2D eigenvalue weighted by molar-refractivity contribution is -0.131. The van der Waals surface area contributed by atoms with Gasteiger partial charge < -0.3 is 5.11 Å². The molecule has 0 aromatic carbocycles. The van der Waals surface area contributed by atoms with Crippen LogP contribution in [-0.2, 0) is 4.79 Å². The molecule has 0 aromatic heterocycles. The molecule has 0 fully saturated rings. The van der Waals surface area contributed by atoms with Gasteiger partial charge in [-0.2, -0.15) is 11.8 Å². The molecule has 0 aliphatic heterocycles. The standard InChI is InChI=1S/C6H10O2S/c1-5(4-9-2)3-6(7)8/h3H,4H2,1-2H3,(H,7,8). The van der Waals surface area contributed by atoms with Crippen molar-refractivity contribution in [2.75, 3.05) is 12.0 Å². The van der Waals surface area contributed by atoms with E-state index in [0.717, 1.165) is 11.3 Å². The molecule has 0 saturated carbocycles. The molecule has 0 atom stereocenters. The number of rotatable bonds is 3. The van der Waals surface area contributed by atoms with Crippen LogP contribution >= 0.6 is 11.8 Å². The van der Waals surface area contributed by atoms with Crippen LogP contribution in [0, 0.1) is 0 Å². The molecular weight excluding hydrogens is 136 g/mol. The smallest absolute Gasteiger partial charge is 0.328 e. The fourth-order valence-electron chi connectivity index (χ4n) is 0.480. The van der Waals surface area contributed by atoms with Crippen molar-refractivity contribution in [1.82, 2.24) is 0 Å². The highest BCUT2D eigenvalue weighted by molar-refractivity contribution is 7.98. The molecule has 0 heterocycles. The maximum atomic E-state index is 10.00. The summed E-state index contributed by atoms with van der Waals surface area (Å²) in [5.74, 6) is -0.0618. The van der Waals surface area contributed by atoms with Crippen LogP contribution in [0.15, 0.2) is 11.6 Å². The normalized spacial score (nSPS) is 11.6. The Morgan fingerprint density at radius 2 is 2.33 bits per heavy atom. The van der Waals surface area contributed by atoms with Crippen LogP contribution in [0.25, 0.3) is 0 Å². The van der Waals surface area contributed by atoms with Crippen LogP contribution in [-0.4, -0.2) is 23.1 Å². The van der Waals surface area contributed by atoms with Gasteiger partial charge in [0.2, 0.25) is 0 Å². The second-order valence-corrected chi connectivity index (χ2v) is 2.63. The molecule has 0 amide bonds. The Hall–Kier alpha value is -0.440. The molecule has 1 N–H and O–H groups in total. The number of carboxylic acid groups (broad SMARTS) is 1. The van der Waals surface area contributed by atoms with Crippen LogP contribution in [0.1, 0.15) is 6.92 Å². The Morgan fingerprint density at radius 3 is 2.67 bits per heavy atom. The average Bonchev–Trinajstić information content (AvgIpc) is 1.63. The maximum absolute atomic E-state index is 10.00. The highest BCUT2D eigenvalue weighted by Gasteiger charge is 1.90. The summed E-state index contributed by atoms with van der Waals surface area (Å²) in [6.07, 6.45) is 3.18. The van der Waals surface area contributed by atoms with Gasteiger partial charge in [0.05, 0.1) is 0 Å². The zero-order valence-corrected chi connectivity index (χ0v) is 6.36. The van der Waals surface area contributed by atoms with Crippen molar-refractivity contribution in [2.45, 2.75) is 6.92 Å². The van der Waals surface area contributed by atoms with E-state index in [2.05, 4.69) is 0 Å². The number of carbonyl (C=O) groups is 1. The van der Waals surface area contributed by atoms with Gasteiger partial charge in [0.25, 0.3) is 0 Å². The summed E-state index contributed by atoms with van der Waals surface area (Å²) in [6.45, 7) is 1.81. The highest BCUT2D eigenvalue weighted by atomic mass is 32.2. The van der Waals surface area contributed by atoms with E-state index in [-0.39, 0.29) is 0 Å². The van der Waals surface area contributed by atoms with Crippen molar-refractivity contribution >= 4 is 17.7 Å². The average molecular weight is 146 g/mol. The predicted octanol–water partition coefficient (Wildman–Crippen LogP) is 1.38. The van der Waals surface area contributed by atoms with Crippen LogP contribution in [0.2, 0.25) is 0 Å². The lowest BCUT2D eigenvalue weighted by Crippen LogP contribution is -1.90. The Morgan fingerprint density at radius 1 is 1.78 bits per heavy atom. The van der Waals surface area contributed by atoms with E-state index in [9.17, 15) is 4.79 Å². The number of thioether (sulfide) groups is 1. The summed E-state index contributed by atoms with van der Waals surface area (Å²) in [5.41, 5.74) is 0.898. The lowest BCUT2D eigenvalue weighted by atomic mass is 10.3. The van der Waals surface area contributed by atoms with Crippen LogP contribution in [0.4, 0.5) is 0 Å². The molecule has 9 heavy (non-hydrogen) atoms. The minimum absolute atomic E-state index is 0.798. The van der Waals surface area contributed by atoms with Crippen LogP contribution < -0.4 is 0 Å². The molecule has 0 rings (SSSR count). The Kier molecular flexibility index (Phi) is 4.22. The van der Waals surface area contributed by atoms with Gasteiger partial charge in [-0.15, -0.1) is 0 Å². The minimum atomic E-state index is -0.860. The summed E-state index contributed by atoms with van der Waals surface area (Å²) in [4.78, 5) is 10.00. The first-order valence-electron chi connectivity index (χ1n) is 2.56. The van der Waals surface area contributed by atoms with Crippen molar-refractivity contribution in [3.63, 3.8) is 0 Å². The number of hydrogen-bond donors (Lipinski definition) is 1. The Bertz CT molecular complexity index is 129. The van der Waals surface area contributed by atoms with Gasteiger partial charge in [-0.05, 0) is 13.2 Å². The molecule has 0 aliphatic rings. The van der Waals surface area contributed by atoms with Gasteiger partial charge in [0, 0.05) is 11.8 Å². The number of carboxylic acids is 1. The molecule has 0 aromatic rings. The SMILES string of the molecule is CSCC(C)=CC(=O)O. The van der Waals surface area contributed by atoms with Gasteiger partial charge in [-0.3, -0.25) is 0 Å². The van der Waals surface area contributed by atoms with E-state index in [4.69, 9.17) is 5.11 Å². The summed E-state index contributed by atoms with van der Waals surface area (Å²) in [7, 11) is 0. The molecule has 3 heteroatoms. The van der Waals surface area contributed by atoms with E-state index >= 15 is 0 Å². The molecule has 52 valence electrons. The summed E-state index contributed by atoms with van der Waals surface area (Å²) in [5, 5.41) is 8.22. The van der Waals surface area contributed by atoms with E-state index < -0.39 is 5.97 Å². The third-order valence-electron chi connectivity index (χ3n) is 0.742. The second kappa shape index (κ2) is 4.44. The Labute approximate surface area is 59.0 Å². The van der Waals surface area contributed by atoms with E-state index in [1.165, 1.54) is 6.08 Å². The van der Waals surface area contributed by atoms with Gasteiger partial charge in [0.15, 0.2) is 0 Å². The molecule has 0 saturated heterocycles. The van der Waals surface area contributed by atoms with E-state index in [0.29, 0.717) is 0 Å². The zero-order chi connectivity index (χ0) is 7.28. The topological polar surface area (TPSA) is 37.3 Å². The summed E-state index contributed by atoms with van der Waals surface area (Å²) >= 11 is 1.62. The fraction of sp³-hybridized carbons (Fsp3) is 0.500. The van der Waals surface area contributed by atoms with Gasteiger partial charge in [-0.25, -0.2) is 4.79 Å². The number of hydrogen-bond acceptors (Lipinski definition) is 2. The van der Waals surface area contributed by atoms with Crippen LogP contribution in [0.5, 0.6) is 0 Å². The third-order valence-corrected chi connectivity index (χ3v) is 1.49.